The zero-order valence-corrected chi connectivity index (χ0v) is 13.4. The Hall–Kier alpha value is -3.29. The highest BCUT2D eigenvalue weighted by molar-refractivity contribution is 6.04. The van der Waals surface area contributed by atoms with Gasteiger partial charge in [-0.2, -0.15) is 0 Å². The molecule has 0 bridgehead atoms. The highest BCUT2D eigenvalue weighted by Crippen LogP contribution is 2.34. The van der Waals surface area contributed by atoms with Crippen molar-refractivity contribution in [1.82, 2.24) is 5.32 Å². The van der Waals surface area contributed by atoms with Gasteiger partial charge in [0.1, 0.15) is 18.1 Å². The maximum absolute atomic E-state index is 12.4. The molecule has 2 N–H and O–H groups in total. The largest absolute Gasteiger partial charge is 0.479 e. The zero-order chi connectivity index (χ0) is 18.0. The summed E-state index contributed by atoms with van der Waals surface area (Å²) in [5.41, 5.74) is 0.266. The van der Waals surface area contributed by atoms with E-state index in [9.17, 15) is 14.4 Å². The van der Waals surface area contributed by atoms with Gasteiger partial charge in [0.2, 0.25) is 5.91 Å². The van der Waals surface area contributed by atoms with Crippen LogP contribution in [0.3, 0.4) is 0 Å². The molecule has 0 fully saturated rings. The van der Waals surface area contributed by atoms with Crippen LogP contribution in [0, 0.1) is 0 Å². The summed E-state index contributed by atoms with van der Waals surface area (Å²) in [6, 6.07) is 7.62. The third kappa shape index (κ3) is 3.47. The number of ether oxygens (including phenoxy) is 1. The van der Waals surface area contributed by atoms with Crippen LogP contribution >= 0.6 is 0 Å². The van der Waals surface area contributed by atoms with Crippen molar-refractivity contribution in [3.63, 3.8) is 0 Å². The molecule has 25 heavy (non-hydrogen) atoms. The molecule has 0 radical (unpaired) electrons. The average Bonchev–Trinajstić information content (AvgIpc) is 3.10. The molecule has 0 saturated carbocycles. The molecule has 1 aliphatic rings. The van der Waals surface area contributed by atoms with E-state index in [-0.39, 0.29) is 24.3 Å². The second kappa shape index (κ2) is 6.68. The number of rotatable bonds is 5. The molecule has 1 aromatic heterocycles. The maximum Gasteiger partial charge on any atom is 0.335 e. The van der Waals surface area contributed by atoms with E-state index >= 15 is 0 Å². The summed E-state index contributed by atoms with van der Waals surface area (Å²) in [7, 11) is 0. The van der Waals surface area contributed by atoms with E-state index in [1.807, 2.05) is 0 Å². The lowest BCUT2D eigenvalue weighted by Crippen LogP contribution is -2.48. The summed E-state index contributed by atoms with van der Waals surface area (Å²) in [5.74, 6) is -0.996. The smallest absolute Gasteiger partial charge is 0.335 e. The van der Waals surface area contributed by atoms with E-state index < -0.39 is 23.9 Å². The summed E-state index contributed by atoms with van der Waals surface area (Å²) >= 11 is 0. The Bertz CT molecular complexity index is 815. The number of hydrogen-bond donors (Lipinski definition) is 2. The topological polar surface area (TPSA) is 109 Å². The van der Waals surface area contributed by atoms with Gasteiger partial charge in [-0.15, -0.1) is 0 Å². The first-order valence-corrected chi connectivity index (χ1v) is 7.60. The second-order valence-electron chi connectivity index (χ2n) is 5.53. The van der Waals surface area contributed by atoms with Crippen LogP contribution in [0.15, 0.2) is 41.0 Å². The average molecular weight is 344 g/mol. The first kappa shape index (κ1) is 16.6. The summed E-state index contributed by atoms with van der Waals surface area (Å²) < 4.78 is 10.6. The summed E-state index contributed by atoms with van der Waals surface area (Å²) in [6.45, 7) is 1.52. The number of furan rings is 1. The van der Waals surface area contributed by atoms with Crippen LogP contribution in [0.2, 0.25) is 0 Å². The standard InChI is InChI=1S/C17H16N2O6/c1-10-16(21)19(9-15(20)18-8-12-3-2-6-24-12)13-7-11(17(22)23)4-5-14(13)25-10/h2-7,10H,8-9H2,1H3,(H,18,20)(H,22,23). The lowest BCUT2D eigenvalue weighted by molar-refractivity contribution is -0.128. The van der Waals surface area contributed by atoms with Crippen molar-refractivity contribution < 1.29 is 28.6 Å². The Labute approximate surface area is 143 Å². The van der Waals surface area contributed by atoms with Crippen molar-refractivity contribution in [1.29, 1.82) is 0 Å². The number of nitrogens with zero attached hydrogens (tertiary/aromatic N) is 1. The van der Waals surface area contributed by atoms with Crippen LogP contribution in [-0.4, -0.2) is 35.5 Å². The molecule has 130 valence electrons. The molecule has 1 atom stereocenters. The van der Waals surface area contributed by atoms with Gasteiger partial charge in [-0.05, 0) is 37.3 Å². The van der Waals surface area contributed by atoms with E-state index in [0.717, 1.165) is 0 Å². The predicted octanol–water partition coefficient (Wildman–Crippen LogP) is 1.41. The van der Waals surface area contributed by atoms with Crippen molar-refractivity contribution in [2.45, 2.75) is 19.6 Å². The normalized spacial score (nSPS) is 16.1. The van der Waals surface area contributed by atoms with Crippen LogP contribution in [0.5, 0.6) is 5.75 Å². The van der Waals surface area contributed by atoms with E-state index in [1.54, 1.807) is 19.1 Å². The van der Waals surface area contributed by atoms with Crippen molar-refractivity contribution in [2.75, 3.05) is 11.4 Å². The van der Waals surface area contributed by atoms with Crippen molar-refractivity contribution >= 4 is 23.5 Å². The molecule has 0 aliphatic carbocycles. The summed E-state index contributed by atoms with van der Waals surface area (Å²) in [5, 5.41) is 11.8. The number of fused-ring (bicyclic) bond motifs is 1. The van der Waals surface area contributed by atoms with Crippen molar-refractivity contribution in [3.05, 3.63) is 47.9 Å². The fraction of sp³-hybridized carbons (Fsp3) is 0.235. The van der Waals surface area contributed by atoms with Gasteiger partial charge in [0.25, 0.3) is 5.91 Å². The molecule has 1 aromatic carbocycles. The van der Waals surface area contributed by atoms with E-state index in [4.69, 9.17) is 14.3 Å². The van der Waals surface area contributed by atoms with Crippen LogP contribution in [-0.2, 0) is 16.1 Å². The molecule has 0 saturated heterocycles. The minimum absolute atomic E-state index is 0.00527. The highest BCUT2D eigenvalue weighted by Gasteiger charge is 2.33. The molecule has 3 rings (SSSR count). The Kier molecular flexibility index (Phi) is 4.42. The van der Waals surface area contributed by atoms with E-state index in [1.165, 1.54) is 29.4 Å². The Morgan fingerprint density at radius 1 is 1.32 bits per heavy atom. The third-order valence-corrected chi connectivity index (χ3v) is 3.76. The van der Waals surface area contributed by atoms with Gasteiger partial charge in [0.15, 0.2) is 6.10 Å². The summed E-state index contributed by atoms with van der Waals surface area (Å²) in [6.07, 6.45) is 0.735. The number of aromatic carboxylic acids is 1. The quantitative estimate of drug-likeness (QED) is 0.849. The molecular weight excluding hydrogens is 328 g/mol. The van der Waals surface area contributed by atoms with Crippen LogP contribution < -0.4 is 15.0 Å². The Morgan fingerprint density at radius 2 is 2.12 bits per heavy atom. The summed E-state index contributed by atoms with van der Waals surface area (Å²) in [4.78, 5) is 37.0. The predicted molar refractivity (Wildman–Crippen MR) is 86.4 cm³/mol. The number of carbonyl (C=O) groups excluding carboxylic acids is 2. The van der Waals surface area contributed by atoms with Gasteiger partial charge in [0.05, 0.1) is 24.1 Å². The van der Waals surface area contributed by atoms with E-state index in [0.29, 0.717) is 11.5 Å². The Morgan fingerprint density at radius 3 is 2.80 bits per heavy atom. The molecular formula is C17H16N2O6. The Balaban J connectivity index is 1.79. The van der Waals surface area contributed by atoms with Gasteiger partial charge >= 0.3 is 5.97 Å². The minimum atomic E-state index is -1.13. The minimum Gasteiger partial charge on any atom is -0.479 e. The molecule has 0 spiro atoms. The highest BCUT2D eigenvalue weighted by atomic mass is 16.5. The number of nitrogens with one attached hydrogen (secondary N) is 1. The number of carbonyl (C=O) groups is 3. The number of carboxylic acid groups (broad SMARTS) is 1. The van der Waals surface area contributed by atoms with Crippen LogP contribution in [0.4, 0.5) is 5.69 Å². The van der Waals surface area contributed by atoms with Crippen LogP contribution in [0.25, 0.3) is 0 Å². The van der Waals surface area contributed by atoms with Crippen molar-refractivity contribution in [2.24, 2.45) is 0 Å². The van der Waals surface area contributed by atoms with Gasteiger partial charge in [0, 0.05) is 0 Å². The number of hydrogen-bond acceptors (Lipinski definition) is 5. The molecule has 8 nitrogen and oxygen atoms in total. The molecule has 2 amide bonds. The van der Waals surface area contributed by atoms with Gasteiger partial charge in [-0.3, -0.25) is 14.5 Å². The maximum atomic E-state index is 12.4. The lowest BCUT2D eigenvalue weighted by atomic mass is 10.1. The zero-order valence-electron chi connectivity index (χ0n) is 13.4. The molecule has 8 heteroatoms. The fourth-order valence-corrected chi connectivity index (χ4v) is 2.50. The third-order valence-electron chi connectivity index (χ3n) is 3.76. The lowest BCUT2D eigenvalue weighted by Gasteiger charge is -2.32. The molecule has 1 unspecified atom stereocenters. The number of amides is 2. The first-order chi connectivity index (χ1) is 12.0. The monoisotopic (exact) mass is 344 g/mol. The molecule has 1 aliphatic heterocycles. The SMILES string of the molecule is CC1Oc2ccc(C(=O)O)cc2N(CC(=O)NCc2ccco2)C1=O. The molecule has 2 heterocycles. The number of anilines is 1. The molecule has 2 aromatic rings. The number of benzene rings is 1. The second-order valence-corrected chi connectivity index (χ2v) is 5.53. The van der Waals surface area contributed by atoms with Gasteiger partial charge in [-0.1, -0.05) is 0 Å². The van der Waals surface area contributed by atoms with Crippen LogP contribution in [0.1, 0.15) is 23.0 Å². The number of carboxylic acids is 1. The fourth-order valence-electron chi connectivity index (χ4n) is 2.50. The van der Waals surface area contributed by atoms with E-state index in [2.05, 4.69) is 5.32 Å². The van der Waals surface area contributed by atoms with Crippen molar-refractivity contribution in [3.8, 4) is 5.75 Å². The van der Waals surface area contributed by atoms with Gasteiger partial charge < -0.3 is 19.6 Å². The first-order valence-electron chi connectivity index (χ1n) is 7.60. The van der Waals surface area contributed by atoms with Gasteiger partial charge in [-0.25, -0.2) is 4.79 Å².